The molecule has 1 heterocycles. The summed E-state index contributed by atoms with van der Waals surface area (Å²) >= 11 is 1.27. The largest absolute Gasteiger partial charge is 0.416 e. The number of aromatic nitrogens is 3. The van der Waals surface area contributed by atoms with E-state index in [-0.39, 0.29) is 5.91 Å². The number of nitrogens with zero attached hydrogens (tertiary/aromatic N) is 3. The predicted molar refractivity (Wildman–Crippen MR) is 88.4 cm³/mol. The Hall–Kier alpha value is -2.03. The van der Waals surface area contributed by atoms with E-state index in [4.69, 9.17) is 0 Å². The minimum absolute atomic E-state index is 0.305. The Morgan fingerprint density at radius 1 is 1.28 bits per heavy atom. The van der Waals surface area contributed by atoms with Gasteiger partial charge >= 0.3 is 6.18 Å². The molecule has 0 saturated heterocycles. The number of hydrogen-bond acceptors (Lipinski definition) is 4. The second kappa shape index (κ2) is 6.70. The molecule has 0 spiro atoms. The van der Waals surface area contributed by atoms with E-state index in [1.54, 1.807) is 6.92 Å². The van der Waals surface area contributed by atoms with Crippen molar-refractivity contribution in [3.63, 3.8) is 0 Å². The quantitative estimate of drug-likeness (QED) is 0.813. The summed E-state index contributed by atoms with van der Waals surface area (Å²) in [5.74, 6) is 1.08. The topological polar surface area (TPSA) is 59.8 Å². The third kappa shape index (κ3) is 4.15. The zero-order chi connectivity index (χ0) is 18.2. The number of halogens is 3. The molecule has 1 aliphatic carbocycles. The molecule has 25 heavy (non-hydrogen) atoms. The molecule has 0 aliphatic heterocycles. The van der Waals surface area contributed by atoms with Gasteiger partial charge in [-0.1, -0.05) is 11.8 Å². The van der Waals surface area contributed by atoms with Crippen LogP contribution in [0.2, 0.25) is 0 Å². The molecule has 1 aromatic carbocycles. The number of carbonyl (C=O) groups excluding carboxylic acids is 1. The van der Waals surface area contributed by atoms with Gasteiger partial charge in [0.15, 0.2) is 5.16 Å². The maximum atomic E-state index is 12.5. The van der Waals surface area contributed by atoms with Gasteiger partial charge in [-0.3, -0.25) is 4.79 Å². The standard InChI is InChI=1S/C16H17F3N4OS/c1-9(25-15-22-21-13(23(15)2)10-3-4-10)14(24)20-12-7-5-11(6-8-12)16(17,18)19/h5-10H,3-4H2,1-2H3,(H,20,24)/t9-/m0/s1. The minimum Gasteiger partial charge on any atom is -0.325 e. The number of anilines is 1. The fourth-order valence-corrected chi connectivity index (χ4v) is 3.15. The molecule has 5 nitrogen and oxygen atoms in total. The van der Waals surface area contributed by atoms with Crippen LogP contribution in [0.3, 0.4) is 0 Å². The normalized spacial score (nSPS) is 15.9. The highest BCUT2D eigenvalue weighted by atomic mass is 32.2. The Bertz CT molecular complexity index is 769. The first-order valence-corrected chi connectivity index (χ1v) is 8.67. The van der Waals surface area contributed by atoms with Crippen LogP contribution in [0.4, 0.5) is 18.9 Å². The lowest BCUT2D eigenvalue weighted by Crippen LogP contribution is -2.23. The molecule has 1 N–H and O–H groups in total. The van der Waals surface area contributed by atoms with Crippen molar-refractivity contribution >= 4 is 23.4 Å². The van der Waals surface area contributed by atoms with Crippen molar-refractivity contribution in [2.24, 2.45) is 7.05 Å². The van der Waals surface area contributed by atoms with Gasteiger partial charge in [0.1, 0.15) is 5.82 Å². The van der Waals surface area contributed by atoms with Crippen LogP contribution in [0.1, 0.15) is 37.1 Å². The maximum absolute atomic E-state index is 12.5. The van der Waals surface area contributed by atoms with E-state index in [2.05, 4.69) is 15.5 Å². The first-order chi connectivity index (χ1) is 11.8. The van der Waals surface area contributed by atoms with Crippen LogP contribution in [0, 0.1) is 0 Å². The number of amides is 1. The summed E-state index contributed by atoms with van der Waals surface area (Å²) in [6, 6.07) is 4.37. The third-order valence-electron chi connectivity index (χ3n) is 3.94. The molecule has 1 amide bonds. The molecule has 1 aliphatic rings. The number of hydrogen-bond donors (Lipinski definition) is 1. The van der Waals surface area contributed by atoms with Gasteiger partial charge in [0.05, 0.1) is 10.8 Å². The summed E-state index contributed by atoms with van der Waals surface area (Å²) < 4.78 is 39.5. The molecular weight excluding hydrogens is 353 g/mol. The maximum Gasteiger partial charge on any atom is 0.416 e. The molecule has 2 aromatic rings. The molecule has 0 bridgehead atoms. The molecule has 9 heteroatoms. The van der Waals surface area contributed by atoms with Gasteiger partial charge in [0.2, 0.25) is 5.91 Å². The van der Waals surface area contributed by atoms with Gasteiger partial charge in [0, 0.05) is 18.7 Å². The van der Waals surface area contributed by atoms with Crippen LogP contribution in [0.25, 0.3) is 0 Å². The number of thioether (sulfide) groups is 1. The molecule has 1 fully saturated rings. The van der Waals surface area contributed by atoms with E-state index in [0.29, 0.717) is 16.8 Å². The highest BCUT2D eigenvalue weighted by Crippen LogP contribution is 2.39. The van der Waals surface area contributed by atoms with E-state index >= 15 is 0 Å². The third-order valence-corrected chi connectivity index (χ3v) is 5.08. The van der Waals surface area contributed by atoms with Gasteiger partial charge in [-0.25, -0.2) is 0 Å². The van der Waals surface area contributed by atoms with Crippen LogP contribution in [0.5, 0.6) is 0 Å². The fourth-order valence-electron chi connectivity index (χ4n) is 2.32. The van der Waals surface area contributed by atoms with Crippen LogP contribution in [-0.2, 0) is 18.0 Å². The van der Waals surface area contributed by atoms with Crippen LogP contribution >= 0.6 is 11.8 Å². The van der Waals surface area contributed by atoms with Crippen molar-refractivity contribution in [2.45, 2.75) is 42.3 Å². The van der Waals surface area contributed by atoms with Gasteiger partial charge in [-0.05, 0) is 44.0 Å². The molecule has 3 rings (SSSR count). The van der Waals surface area contributed by atoms with Crippen molar-refractivity contribution in [1.82, 2.24) is 14.8 Å². The Balaban J connectivity index is 1.61. The van der Waals surface area contributed by atoms with Crippen molar-refractivity contribution in [3.8, 4) is 0 Å². The first kappa shape index (κ1) is 17.8. The Morgan fingerprint density at radius 3 is 2.48 bits per heavy atom. The van der Waals surface area contributed by atoms with Crippen LogP contribution < -0.4 is 5.32 Å². The van der Waals surface area contributed by atoms with Crippen molar-refractivity contribution in [1.29, 1.82) is 0 Å². The Labute approximate surface area is 147 Å². The SMILES string of the molecule is C[C@H](Sc1nnc(C2CC2)n1C)C(=O)Nc1ccc(C(F)(F)F)cc1. The lowest BCUT2D eigenvalue weighted by molar-refractivity contribution is -0.137. The molecule has 0 unspecified atom stereocenters. The van der Waals surface area contributed by atoms with Crippen LogP contribution in [-0.4, -0.2) is 25.9 Å². The zero-order valence-corrected chi connectivity index (χ0v) is 14.5. The lowest BCUT2D eigenvalue weighted by Gasteiger charge is -2.12. The lowest BCUT2D eigenvalue weighted by atomic mass is 10.2. The smallest absolute Gasteiger partial charge is 0.325 e. The van der Waals surface area contributed by atoms with Gasteiger partial charge in [0.25, 0.3) is 0 Å². The number of alkyl halides is 3. The minimum atomic E-state index is -4.39. The summed E-state index contributed by atoms with van der Waals surface area (Å²) in [6.45, 7) is 1.72. The molecular formula is C16H17F3N4OS. The van der Waals surface area contributed by atoms with E-state index in [9.17, 15) is 18.0 Å². The van der Waals surface area contributed by atoms with Gasteiger partial charge < -0.3 is 9.88 Å². The first-order valence-electron chi connectivity index (χ1n) is 7.80. The highest BCUT2D eigenvalue weighted by molar-refractivity contribution is 8.00. The molecule has 0 radical (unpaired) electrons. The summed E-state index contributed by atoms with van der Waals surface area (Å²) in [4.78, 5) is 12.3. The van der Waals surface area contributed by atoms with Crippen molar-refractivity contribution in [3.05, 3.63) is 35.7 Å². The monoisotopic (exact) mass is 370 g/mol. The van der Waals surface area contributed by atoms with E-state index in [0.717, 1.165) is 30.8 Å². The average molecular weight is 370 g/mol. The number of rotatable bonds is 5. The number of nitrogens with one attached hydrogen (secondary N) is 1. The Morgan fingerprint density at radius 2 is 1.92 bits per heavy atom. The van der Waals surface area contributed by atoms with Gasteiger partial charge in [-0.15, -0.1) is 10.2 Å². The van der Waals surface area contributed by atoms with Gasteiger partial charge in [-0.2, -0.15) is 13.2 Å². The number of benzene rings is 1. The zero-order valence-electron chi connectivity index (χ0n) is 13.7. The highest BCUT2D eigenvalue weighted by Gasteiger charge is 2.31. The summed E-state index contributed by atoms with van der Waals surface area (Å²) in [5, 5.41) is 11.1. The summed E-state index contributed by atoms with van der Waals surface area (Å²) in [5.41, 5.74) is -0.429. The molecule has 134 valence electrons. The predicted octanol–water partition coefficient (Wildman–Crippen LogP) is 3.83. The molecule has 1 aromatic heterocycles. The molecule has 1 saturated carbocycles. The van der Waals surface area contributed by atoms with E-state index in [1.807, 2.05) is 11.6 Å². The number of carbonyl (C=O) groups is 1. The second-order valence-corrected chi connectivity index (χ2v) is 7.31. The van der Waals surface area contributed by atoms with Crippen LogP contribution in [0.15, 0.2) is 29.4 Å². The average Bonchev–Trinajstić information content (AvgIpc) is 3.32. The fraction of sp³-hybridized carbons (Fsp3) is 0.438. The summed E-state index contributed by atoms with van der Waals surface area (Å²) in [7, 11) is 1.87. The Kier molecular flexibility index (Phi) is 4.77. The second-order valence-electron chi connectivity index (χ2n) is 6.00. The van der Waals surface area contributed by atoms with E-state index in [1.165, 1.54) is 23.9 Å². The summed E-state index contributed by atoms with van der Waals surface area (Å²) in [6.07, 6.45) is -2.17. The van der Waals surface area contributed by atoms with Crippen molar-refractivity contribution in [2.75, 3.05) is 5.32 Å². The molecule has 1 atom stereocenters. The van der Waals surface area contributed by atoms with E-state index < -0.39 is 17.0 Å². The van der Waals surface area contributed by atoms with Crippen molar-refractivity contribution < 1.29 is 18.0 Å².